The van der Waals surface area contributed by atoms with Crippen LogP contribution >= 0.6 is 0 Å². The van der Waals surface area contributed by atoms with E-state index < -0.39 is 0 Å². The first kappa shape index (κ1) is 14.5. The first-order valence-corrected chi connectivity index (χ1v) is 7.25. The number of carbonyl (C=O) groups excluding carboxylic acids is 1. The van der Waals surface area contributed by atoms with Crippen molar-refractivity contribution in [1.29, 1.82) is 0 Å². The summed E-state index contributed by atoms with van der Waals surface area (Å²) in [6.45, 7) is 2.99. The van der Waals surface area contributed by atoms with Gasteiger partial charge in [-0.25, -0.2) is 9.78 Å². The maximum absolute atomic E-state index is 12.4. The summed E-state index contributed by atoms with van der Waals surface area (Å²) in [5.41, 5.74) is 8.73. The molecular weight excluding hydrogens is 280 g/mol. The van der Waals surface area contributed by atoms with Crippen LogP contribution < -0.4 is 11.1 Å². The number of urea groups is 1. The summed E-state index contributed by atoms with van der Waals surface area (Å²) in [5.74, 6) is 0.0751. The monoisotopic (exact) mass is 300 g/mol. The van der Waals surface area contributed by atoms with E-state index in [1.54, 1.807) is 23.5 Å². The molecule has 7 heteroatoms. The minimum Gasteiger partial charge on any atom is -0.340 e. The minimum absolute atomic E-state index is 0.0751. The molecule has 0 saturated carbocycles. The molecule has 2 aromatic heterocycles. The number of carbonyl (C=O) groups is 1. The van der Waals surface area contributed by atoms with Crippen LogP contribution in [0.5, 0.6) is 0 Å². The summed E-state index contributed by atoms with van der Waals surface area (Å²) in [6, 6.07) is 3.38. The Bertz CT molecular complexity index is 682. The molecule has 0 aliphatic carbocycles. The van der Waals surface area contributed by atoms with Crippen LogP contribution in [0.2, 0.25) is 0 Å². The summed E-state index contributed by atoms with van der Waals surface area (Å²) < 4.78 is 1.89. The number of anilines is 1. The number of aromatic nitrogens is 3. The number of nitrogens with one attached hydrogen (secondary N) is 1. The van der Waals surface area contributed by atoms with Crippen molar-refractivity contribution in [2.45, 2.75) is 18.9 Å². The second-order valence-corrected chi connectivity index (χ2v) is 5.76. The summed E-state index contributed by atoms with van der Waals surface area (Å²) in [5, 5.41) is 2.89. The number of nitrogens with two attached hydrogens (primary N) is 1. The Morgan fingerprint density at radius 1 is 1.41 bits per heavy atom. The number of likely N-dealkylation sites (tertiary alicyclic amines) is 1. The number of pyridine rings is 1. The molecule has 3 N–H and O–H groups in total. The van der Waals surface area contributed by atoms with Gasteiger partial charge in [-0.1, -0.05) is 0 Å². The fourth-order valence-electron chi connectivity index (χ4n) is 2.76. The first-order valence-electron chi connectivity index (χ1n) is 7.25. The van der Waals surface area contributed by atoms with Gasteiger partial charge >= 0.3 is 6.03 Å². The average molecular weight is 300 g/mol. The van der Waals surface area contributed by atoms with E-state index in [9.17, 15) is 4.79 Å². The number of aryl methyl sites for hydroxylation is 2. The van der Waals surface area contributed by atoms with Crippen molar-refractivity contribution in [3.05, 3.63) is 42.2 Å². The van der Waals surface area contributed by atoms with Crippen LogP contribution in [0.15, 0.2) is 30.9 Å². The lowest BCUT2D eigenvalue weighted by Gasteiger charge is -2.17. The number of rotatable bonds is 2. The largest absolute Gasteiger partial charge is 0.340 e. The van der Waals surface area contributed by atoms with E-state index >= 15 is 0 Å². The topological polar surface area (TPSA) is 89.1 Å². The molecule has 0 spiro atoms. The Morgan fingerprint density at radius 2 is 2.23 bits per heavy atom. The van der Waals surface area contributed by atoms with Crippen molar-refractivity contribution >= 4 is 11.7 Å². The molecular formula is C15H20N6O. The summed E-state index contributed by atoms with van der Waals surface area (Å²) in [7, 11) is 1.92. The van der Waals surface area contributed by atoms with Crippen LogP contribution in [-0.4, -0.2) is 44.6 Å². The van der Waals surface area contributed by atoms with Crippen LogP contribution in [0.3, 0.4) is 0 Å². The van der Waals surface area contributed by atoms with Crippen LogP contribution in [0.4, 0.5) is 10.5 Å². The Balaban J connectivity index is 1.67. The second-order valence-electron chi connectivity index (χ2n) is 5.76. The van der Waals surface area contributed by atoms with Gasteiger partial charge in [0.15, 0.2) is 0 Å². The van der Waals surface area contributed by atoms with Gasteiger partial charge in [-0.3, -0.25) is 4.98 Å². The molecule has 7 nitrogen and oxygen atoms in total. The SMILES string of the molecule is Cc1cc(NC(=O)N2C[C@@H](N)[C@H](c3cn(C)cn3)C2)ccn1. The number of imidazole rings is 1. The van der Waals surface area contributed by atoms with Crippen LogP contribution in [0, 0.1) is 6.92 Å². The molecule has 2 atom stereocenters. The molecule has 1 saturated heterocycles. The van der Waals surface area contributed by atoms with Gasteiger partial charge in [0.1, 0.15) is 0 Å². The lowest BCUT2D eigenvalue weighted by molar-refractivity contribution is 0.221. The van der Waals surface area contributed by atoms with E-state index in [1.807, 2.05) is 30.8 Å². The summed E-state index contributed by atoms with van der Waals surface area (Å²) in [4.78, 5) is 22.6. The van der Waals surface area contributed by atoms with E-state index in [0.717, 1.165) is 17.1 Å². The van der Waals surface area contributed by atoms with Crippen molar-refractivity contribution < 1.29 is 4.79 Å². The molecule has 1 aliphatic rings. The molecule has 3 heterocycles. The predicted molar refractivity (Wildman–Crippen MR) is 83.5 cm³/mol. The second kappa shape index (κ2) is 5.76. The summed E-state index contributed by atoms with van der Waals surface area (Å²) >= 11 is 0. The maximum atomic E-state index is 12.4. The lowest BCUT2D eigenvalue weighted by atomic mass is 10.0. The normalized spacial score (nSPS) is 21.1. The van der Waals surface area contributed by atoms with E-state index in [4.69, 9.17) is 5.73 Å². The Labute approximate surface area is 129 Å². The van der Waals surface area contributed by atoms with Gasteiger partial charge in [0.25, 0.3) is 0 Å². The van der Waals surface area contributed by atoms with Crippen molar-refractivity contribution in [3.8, 4) is 0 Å². The number of amides is 2. The van der Waals surface area contributed by atoms with Crippen molar-refractivity contribution in [2.75, 3.05) is 18.4 Å². The molecule has 0 bridgehead atoms. The molecule has 0 aromatic carbocycles. The smallest absolute Gasteiger partial charge is 0.321 e. The number of nitrogens with zero attached hydrogens (tertiary/aromatic N) is 4. The Morgan fingerprint density at radius 3 is 2.91 bits per heavy atom. The van der Waals surface area contributed by atoms with Gasteiger partial charge in [-0.05, 0) is 19.1 Å². The number of hydrogen-bond acceptors (Lipinski definition) is 4. The molecule has 1 aliphatic heterocycles. The van der Waals surface area contributed by atoms with Gasteiger partial charge in [-0.2, -0.15) is 0 Å². The van der Waals surface area contributed by atoms with Crippen LogP contribution in [-0.2, 0) is 7.05 Å². The van der Waals surface area contributed by atoms with E-state index in [0.29, 0.717) is 13.1 Å². The number of hydrogen-bond donors (Lipinski definition) is 2. The highest BCUT2D eigenvalue weighted by Gasteiger charge is 2.35. The van der Waals surface area contributed by atoms with E-state index in [-0.39, 0.29) is 18.0 Å². The van der Waals surface area contributed by atoms with Crippen molar-refractivity contribution in [3.63, 3.8) is 0 Å². The molecule has 2 amide bonds. The van der Waals surface area contributed by atoms with Crippen LogP contribution in [0.25, 0.3) is 0 Å². The molecule has 1 fully saturated rings. The van der Waals surface area contributed by atoms with Crippen molar-refractivity contribution in [2.24, 2.45) is 12.8 Å². The first-order chi connectivity index (χ1) is 10.5. The highest BCUT2D eigenvalue weighted by Crippen LogP contribution is 2.25. The zero-order chi connectivity index (χ0) is 15.7. The predicted octanol–water partition coefficient (Wildman–Crippen LogP) is 1.08. The lowest BCUT2D eigenvalue weighted by Crippen LogP contribution is -2.35. The van der Waals surface area contributed by atoms with Gasteiger partial charge in [0.05, 0.1) is 12.0 Å². The third-order valence-electron chi connectivity index (χ3n) is 3.90. The molecule has 22 heavy (non-hydrogen) atoms. The third kappa shape index (κ3) is 2.94. The van der Waals surface area contributed by atoms with E-state index in [2.05, 4.69) is 15.3 Å². The fraction of sp³-hybridized carbons (Fsp3) is 0.400. The quantitative estimate of drug-likeness (QED) is 0.868. The zero-order valence-electron chi connectivity index (χ0n) is 12.7. The van der Waals surface area contributed by atoms with Gasteiger partial charge in [0, 0.05) is 55.9 Å². The van der Waals surface area contributed by atoms with Gasteiger partial charge < -0.3 is 20.5 Å². The van der Waals surface area contributed by atoms with Gasteiger partial charge in [-0.15, -0.1) is 0 Å². The average Bonchev–Trinajstić information content (AvgIpc) is 3.05. The standard InChI is InChI=1S/C15H20N6O/c1-10-5-11(3-4-17-10)19-15(22)21-6-12(13(16)7-21)14-8-20(2)9-18-14/h3-5,8-9,12-13H,6-7,16H2,1-2H3,(H,17,19,22)/t12-,13-/m1/s1. The molecule has 2 aromatic rings. The maximum Gasteiger partial charge on any atom is 0.321 e. The third-order valence-corrected chi connectivity index (χ3v) is 3.90. The zero-order valence-corrected chi connectivity index (χ0v) is 12.7. The molecule has 0 unspecified atom stereocenters. The van der Waals surface area contributed by atoms with Crippen LogP contribution in [0.1, 0.15) is 17.3 Å². The fourth-order valence-corrected chi connectivity index (χ4v) is 2.76. The summed E-state index contributed by atoms with van der Waals surface area (Å²) in [6.07, 6.45) is 5.39. The Hall–Kier alpha value is -2.41. The van der Waals surface area contributed by atoms with E-state index in [1.165, 1.54) is 0 Å². The molecule has 3 rings (SSSR count). The minimum atomic E-state index is -0.139. The molecule has 116 valence electrons. The van der Waals surface area contributed by atoms with Gasteiger partial charge in [0.2, 0.25) is 0 Å². The highest BCUT2D eigenvalue weighted by molar-refractivity contribution is 5.89. The Kier molecular flexibility index (Phi) is 3.81. The highest BCUT2D eigenvalue weighted by atomic mass is 16.2. The van der Waals surface area contributed by atoms with Crippen molar-refractivity contribution in [1.82, 2.24) is 19.4 Å². The molecule has 0 radical (unpaired) electrons.